The van der Waals surface area contributed by atoms with Gasteiger partial charge in [-0.15, -0.1) is 0 Å². The van der Waals surface area contributed by atoms with Crippen LogP contribution in [-0.2, 0) is 0 Å². The summed E-state index contributed by atoms with van der Waals surface area (Å²) in [5, 5.41) is 0. The van der Waals surface area contributed by atoms with E-state index in [1.54, 1.807) is 0 Å². The molecule has 0 aliphatic carbocycles. The zero-order chi connectivity index (χ0) is 8.15. The first-order valence-corrected chi connectivity index (χ1v) is 5.66. The maximum Gasteiger partial charge on any atom is -0.0322 e. The van der Waals surface area contributed by atoms with E-state index in [1.165, 1.54) is 17.3 Å². The van der Waals surface area contributed by atoms with E-state index in [-0.39, 0.29) is 7.92 Å². The Bertz CT molecular complexity index is 145. The Labute approximate surface area is 65.8 Å². The van der Waals surface area contributed by atoms with Crippen molar-refractivity contribution in [1.82, 2.24) is 0 Å². The van der Waals surface area contributed by atoms with Crippen LogP contribution in [0, 0.1) is 0 Å². The molecule has 0 fully saturated rings. The Kier molecular flexibility index (Phi) is 4.64. The van der Waals surface area contributed by atoms with Crippen molar-refractivity contribution in [1.29, 1.82) is 0 Å². The van der Waals surface area contributed by atoms with Crippen molar-refractivity contribution >= 4 is 7.92 Å². The van der Waals surface area contributed by atoms with Crippen LogP contribution in [0.2, 0.25) is 0 Å². The second-order valence-electron chi connectivity index (χ2n) is 2.67. The van der Waals surface area contributed by atoms with Gasteiger partial charge in [0.2, 0.25) is 0 Å². The second kappa shape index (κ2) is 4.68. The standard InChI is InChI=1S/C9H17P/c1-6-10(5)7-9(4)8(2)3/h7H,2,6H2,1,3-5H3. The maximum atomic E-state index is 3.88. The van der Waals surface area contributed by atoms with Crippen molar-refractivity contribution in [2.75, 3.05) is 12.8 Å². The summed E-state index contributed by atoms with van der Waals surface area (Å²) < 4.78 is 0. The highest BCUT2D eigenvalue weighted by Gasteiger charge is 1.93. The molecule has 1 atom stereocenters. The first-order valence-electron chi connectivity index (χ1n) is 3.62. The van der Waals surface area contributed by atoms with Gasteiger partial charge in [0.25, 0.3) is 0 Å². The van der Waals surface area contributed by atoms with Gasteiger partial charge in [-0.25, -0.2) is 0 Å². The Morgan fingerprint density at radius 1 is 1.50 bits per heavy atom. The lowest BCUT2D eigenvalue weighted by Gasteiger charge is -2.04. The highest BCUT2D eigenvalue weighted by atomic mass is 31.1. The molecule has 0 aliphatic heterocycles. The van der Waals surface area contributed by atoms with Crippen LogP contribution < -0.4 is 0 Å². The smallest absolute Gasteiger partial charge is 0.0322 e. The molecule has 0 aliphatic rings. The molecule has 0 aromatic heterocycles. The predicted molar refractivity (Wildman–Crippen MR) is 52.0 cm³/mol. The van der Waals surface area contributed by atoms with Crippen molar-refractivity contribution in [2.45, 2.75) is 20.8 Å². The summed E-state index contributed by atoms with van der Waals surface area (Å²) in [5.74, 6) is 2.34. The van der Waals surface area contributed by atoms with Crippen molar-refractivity contribution in [3.05, 3.63) is 23.5 Å². The van der Waals surface area contributed by atoms with Gasteiger partial charge < -0.3 is 0 Å². The molecular weight excluding hydrogens is 139 g/mol. The van der Waals surface area contributed by atoms with Gasteiger partial charge in [-0.3, -0.25) is 0 Å². The minimum absolute atomic E-state index is 0.127. The van der Waals surface area contributed by atoms with E-state index in [0.717, 1.165) is 0 Å². The van der Waals surface area contributed by atoms with E-state index < -0.39 is 0 Å². The quantitative estimate of drug-likeness (QED) is 0.432. The van der Waals surface area contributed by atoms with Gasteiger partial charge >= 0.3 is 0 Å². The normalized spacial score (nSPS) is 15.0. The number of hydrogen-bond acceptors (Lipinski definition) is 0. The molecule has 0 aromatic carbocycles. The summed E-state index contributed by atoms with van der Waals surface area (Å²) in [5.41, 5.74) is 2.55. The van der Waals surface area contributed by atoms with E-state index in [1.807, 2.05) is 0 Å². The molecule has 1 unspecified atom stereocenters. The molecular formula is C9H17P. The third-order valence-corrected chi connectivity index (χ3v) is 3.41. The van der Waals surface area contributed by atoms with Crippen molar-refractivity contribution in [2.24, 2.45) is 0 Å². The lowest BCUT2D eigenvalue weighted by atomic mass is 10.2. The number of hydrogen-bond donors (Lipinski definition) is 0. The topological polar surface area (TPSA) is 0 Å². The largest absolute Gasteiger partial charge is 0.0958 e. The lowest BCUT2D eigenvalue weighted by Crippen LogP contribution is -1.77. The summed E-state index contributed by atoms with van der Waals surface area (Å²) in [6.07, 6.45) is 1.28. The molecule has 0 bridgehead atoms. The van der Waals surface area contributed by atoms with Gasteiger partial charge in [0.15, 0.2) is 0 Å². The van der Waals surface area contributed by atoms with E-state index in [2.05, 4.69) is 39.8 Å². The Balaban J connectivity index is 4.02. The fourth-order valence-corrected chi connectivity index (χ4v) is 1.60. The molecule has 0 heterocycles. The molecule has 0 rings (SSSR count). The summed E-state index contributed by atoms with van der Waals surface area (Å²) in [7, 11) is 0.127. The van der Waals surface area contributed by atoms with Crippen LogP contribution in [0.25, 0.3) is 0 Å². The first kappa shape index (κ1) is 9.91. The summed E-state index contributed by atoms with van der Waals surface area (Å²) in [6.45, 7) is 12.6. The molecule has 0 radical (unpaired) electrons. The molecule has 10 heavy (non-hydrogen) atoms. The van der Waals surface area contributed by atoms with Crippen LogP contribution in [0.3, 0.4) is 0 Å². The second-order valence-corrected chi connectivity index (χ2v) is 5.07. The number of rotatable bonds is 3. The third-order valence-electron chi connectivity index (χ3n) is 1.59. The Morgan fingerprint density at radius 2 is 2.00 bits per heavy atom. The number of allylic oxidation sites excluding steroid dienone is 2. The van der Waals surface area contributed by atoms with Crippen LogP contribution in [-0.4, -0.2) is 12.8 Å². The van der Waals surface area contributed by atoms with E-state index in [9.17, 15) is 0 Å². The predicted octanol–water partition coefficient (Wildman–Crippen LogP) is 3.60. The Hall–Kier alpha value is -0.0900. The lowest BCUT2D eigenvalue weighted by molar-refractivity contribution is 1.37. The maximum absolute atomic E-state index is 3.88. The fraction of sp³-hybridized carbons (Fsp3) is 0.556. The van der Waals surface area contributed by atoms with E-state index >= 15 is 0 Å². The zero-order valence-electron chi connectivity index (χ0n) is 7.44. The third kappa shape index (κ3) is 3.85. The molecule has 0 amide bonds. The van der Waals surface area contributed by atoms with Crippen LogP contribution in [0.15, 0.2) is 23.5 Å². The van der Waals surface area contributed by atoms with Crippen LogP contribution >= 0.6 is 7.92 Å². The monoisotopic (exact) mass is 156 g/mol. The summed E-state index contributed by atoms with van der Waals surface area (Å²) >= 11 is 0. The molecule has 0 N–H and O–H groups in total. The van der Waals surface area contributed by atoms with Crippen LogP contribution in [0.5, 0.6) is 0 Å². The van der Waals surface area contributed by atoms with Gasteiger partial charge in [-0.1, -0.05) is 32.8 Å². The Morgan fingerprint density at radius 3 is 2.30 bits per heavy atom. The van der Waals surface area contributed by atoms with E-state index in [4.69, 9.17) is 0 Å². The molecule has 0 spiro atoms. The van der Waals surface area contributed by atoms with Gasteiger partial charge in [0.05, 0.1) is 0 Å². The van der Waals surface area contributed by atoms with Gasteiger partial charge in [-0.2, -0.15) is 0 Å². The average molecular weight is 156 g/mol. The molecule has 0 aromatic rings. The SMILES string of the molecule is C=C(C)C(C)=CP(C)CC. The highest BCUT2D eigenvalue weighted by Crippen LogP contribution is 2.33. The fourth-order valence-electron chi connectivity index (χ4n) is 0.532. The first-order chi connectivity index (χ1) is 4.57. The van der Waals surface area contributed by atoms with E-state index in [0.29, 0.717) is 0 Å². The molecule has 1 heteroatoms. The average Bonchev–Trinajstić information content (AvgIpc) is 1.87. The van der Waals surface area contributed by atoms with Gasteiger partial charge in [0, 0.05) is 0 Å². The summed E-state index contributed by atoms with van der Waals surface area (Å²) in [4.78, 5) is 0. The van der Waals surface area contributed by atoms with Crippen molar-refractivity contribution in [3.8, 4) is 0 Å². The van der Waals surface area contributed by atoms with Gasteiger partial charge in [0.1, 0.15) is 0 Å². The minimum Gasteiger partial charge on any atom is -0.0958 e. The van der Waals surface area contributed by atoms with Crippen LogP contribution in [0.1, 0.15) is 20.8 Å². The molecule has 58 valence electrons. The van der Waals surface area contributed by atoms with Crippen LogP contribution in [0.4, 0.5) is 0 Å². The zero-order valence-corrected chi connectivity index (χ0v) is 8.33. The molecule has 0 saturated heterocycles. The van der Waals surface area contributed by atoms with Gasteiger partial charge in [-0.05, 0) is 32.2 Å². The van der Waals surface area contributed by atoms with Crippen molar-refractivity contribution < 1.29 is 0 Å². The minimum atomic E-state index is 0.127. The molecule has 0 nitrogen and oxygen atoms in total. The molecule has 0 saturated carbocycles. The highest BCUT2D eigenvalue weighted by molar-refractivity contribution is 7.60. The van der Waals surface area contributed by atoms with Crippen molar-refractivity contribution in [3.63, 3.8) is 0 Å². The summed E-state index contributed by atoms with van der Waals surface area (Å²) in [6, 6.07) is 0.